The number of piperidine rings is 2. The summed E-state index contributed by atoms with van der Waals surface area (Å²) in [5.41, 5.74) is 5.77. The van der Waals surface area contributed by atoms with Crippen molar-refractivity contribution in [3.8, 4) is 0 Å². The summed E-state index contributed by atoms with van der Waals surface area (Å²) in [6.07, 6.45) is 5.25. The van der Waals surface area contributed by atoms with Crippen LogP contribution >= 0.6 is 0 Å². The fourth-order valence-electron chi connectivity index (χ4n) is 5.10. The third kappa shape index (κ3) is 2.90. The van der Waals surface area contributed by atoms with Crippen molar-refractivity contribution in [2.45, 2.75) is 57.0 Å². The average Bonchev–Trinajstić information content (AvgIpc) is 3.14. The molecule has 5 heteroatoms. The van der Waals surface area contributed by atoms with E-state index in [0.29, 0.717) is 18.4 Å². The number of primary amides is 1. The second-order valence-electron chi connectivity index (χ2n) is 8.23. The monoisotopic (exact) mass is 311 g/mol. The molecule has 1 aliphatic carbocycles. The molecule has 0 aromatic heterocycles. The van der Waals surface area contributed by atoms with Gasteiger partial charge in [-0.3, -0.25) is 9.69 Å². The zero-order chi connectivity index (χ0) is 16.0. The number of carbonyl (C=O) groups excluding carboxylic acids is 1. The lowest BCUT2D eigenvalue weighted by Gasteiger charge is -2.46. The van der Waals surface area contributed by atoms with Crippen molar-refractivity contribution in [2.24, 2.45) is 23.5 Å². The topological polar surface area (TPSA) is 58.4 Å². The summed E-state index contributed by atoms with van der Waals surface area (Å²) in [5.74, 6) is 1.27. The molecule has 1 saturated carbocycles. The molecule has 1 spiro atoms. The maximum absolute atomic E-state index is 12.7. The number of amides is 1. The van der Waals surface area contributed by atoms with Crippen molar-refractivity contribution in [1.29, 1.82) is 0 Å². The van der Waals surface area contributed by atoms with Crippen molar-refractivity contribution in [1.82, 2.24) is 10.2 Å². The van der Waals surface area contributed by atoms with Gasteiger partial charge in [0.15, 0.2) is 0 Å². The Morgan fingerprint density at radius 3 is 2.73 bits per heavy atom. The van der Waals surface area contributed by atoms with Gasteiger partial charge in [-0.15, -0.1) is 0 Å². The van der Waals surface area contributed by atoms with Gasteiger partial charge in [0.2, 0.25) is 5.91 Å². The van der Waals surface area contributed by atoms with Crippen LogP contribution in [-0.4, -0.2) is 48.2 Å². The maximum atomic E-state index is 12.7. The second kappa shape index (κ2) is 5.75. The van der Waals surface area contributed by atoms with E-state index in [1.54, 1.807) is 0 Å². The molecule has 3 unspecified atom stereocenters. The lowest BCUT2D eigenvalue weighted by atomic mass is 9.77. The Kier molecular flexibility index (Phi) is 4.23. The summed E-state index contributed by atoms with van der Waals surface area (Å²) in [6.45, 7) is 6.68. The van der Waals surface area contributed by atoms with Crippen LogP contribution in [0.15, 0.2) is 0 Å². The van der Waals surface area contributed by atoms with Crippen LogP contribution in [0.3, 0.4) is 0 Å². The average molecular weight is 311 g/mol. The molecule has 3 N–H and O–H groups in total. The van der Waals surface area contributed by atoms with Crippen LogP contribution in [0.1, 0.15) is 46.0 Å². The molecule has 3 aliphatic rings. The van der Waals surface area contributed by atoms with Crippen molar-refractivity contribution < 1.29 is 9.18 Å². The fourth-order valence-corrected chi connectivity index (χ4v) is 5.10. The number of nitrogens with two attached hydrogens (primary N) is 1. The highest BCUT2D eigenvalue weighted by atomic mass is 19.1. The summed E-state index contributed by atoms with van der Waals surface area (Å²) in [4.78, 5) is 13.8. The van der Waals surface area contributed by atoms with E-state index in [1.165, 1.54) is 6.42 Å². The highest BCUT2D eigenvalue weighted by Gasteiger charge is 2.60. The van der Waals surface area contributed by atoms with Crippen molar-refractivity contribution in [3.05, 3.63) is 0 Å². The van der Waals surface area contributed by atoms with Gasteiger partial charge in [0.05, 0.1) is 0 Å². The molecule has 2 saturated heterocycles. The number of hydrogen-bond donors (Lipinski definition) is 2. The predicted molar refractivity (Wildman–Crippen MR) is 85.1 cm³/mol. The third-order valence-electron chi connectivity index (χ3n) is 6.43. The molecule has 1 amide bonds. The van der Waals surface area contributed by atoms with E-state index in [1.807, 2.05) is 0 Å². The first-order valence-electron chi connectivity index (χ1n) is 8.73. The minimum absolute atomic E-state index is 0.0471. The first kappa shape index (κ1) is 16.2. The molecule has 4 atom stereocenters. The number of nitrogens with zero attached hydrogens (tertiary/aromatic N) is 1. The van der Waals surface area contributed by atoms with Gasteiger partial charge in [-0.1, -0.05) is 0 Å². The minimum atomic E-state index is -0.261. The highest BCUT2D eigenvalue weighted by molar-refractivity contribution is 5.77. The van der Waals surface area contributed by atoms with E-state index in [2.05, 4.69) is 24.1 Å². The predicted octanol–water partition coefficient (Wildman–Crippen LogP) is 1.69. The van der Waals surface area contributed by atoms with Crippen LogP contribution in [0.2, 0.25) is 0 Å². The highest BCUT2D eigenvalue weighted by Crippen LogP contribution is 2.57. The smallest absolute Gasteiger partial charge is 0.220 e. The zero-order valence-electron chi connectivity index (χ0n) is 13.9. The Labute approximate surface area is 133 Å². The lowest BCUT2D eigenvalue weighted by Crippen LogP contribution is -2.52. The van der Waals surface area contributed by atoms with Crippen LogP contribution in [0.4, 0.5) is 4.39 Å². The van der Waals surface area contributed by atoms with E-state index in [4.69, 9.17) is 5.73 Å². The van der Waals surface area contributed by atoms with Crippen molar-refractivity contribution in [2.75, 3.05) is 26.3 Å². The zero-order valence-corrected chi connectivity index (χ0v) is 13.9. The van der Waals surface area contributed by atoms with Gasteiger partial charge in [0.25, 0.3) is 0 Å². The van der Waals surface area contributed by atoms with E-state index in [0.717, 1.165) is 38.8 Å². The number of nitrogens with one attached hydrogen (secondary N) is 1. The van der Waals surface area contributed by atoms with Gasteiger partial charge >= 0.3 is 0 Å². The number of hydrogen-bond acceptors (Lipinski definition) is 3. The van der Waals surface area contributed by atoms with Crippen LogP contribution in [0.25, 0.3) is 0 Å². The van der Waals surface area contributed by atoms with Crippen LogP contribution in [-0.2, 0) is 4.79 Å². The molecule has 4 nitrogen and oxygen atoms in total. The van der Waals surface area contributed by atoms with Gasteiger partial charge in [-0.25, -0.2) is 4.39 Å². The number of rotatable bonds is 4. The van der Waals surface area contributed by atoms with E-state index < -0.39 is 0 Å². The van der Waals surface area contributed by atoms with E-state index in [9.17, 15) is 9.18 Å². The van der Waals surface area contributed by atoms with E-state index >= 15 is 0 Å². The van der Waals surface area contributed by atoms with Gasteiger partial charge in [0, 0.05) is 23.5 Å². The van der Waals surface area contributed by atoms with Gasteiger partial charge in [-0.2, -0.15) is 0 Å². The first-order valence-corrected chi connectivity index (χ1v) is 8.73. The summed E-state index contributed by atoms with van der Waals surface area (Å²) in [7, 11) is 0. The molecule has 2 heterocycles. The standard InChI is InChI=1S/C17H30FN3O/c1-16(2)9-12(4-7-21(16)8-5-18)14-11-17(14)10-13(15(19)22)3-6-20-17/h12-14,20H,3-11H2,1-2H3,(H2,19,22)/t12-,13?,14?,17?/m0/s1. The molecule has 0 aromatic carbocycles. The normalized spacial score (nSPS) is 41.5. The summed E-state index contributed by atoms with van der Waals surface area (Å²) in [5, 5.41) is 3.68. The van der Waals surface area contributed by atoms with Crippen molar-refractivity contribution >= 4 is 5.91 Å². The largest absolute Gasteiger partial charge is 0.369 e. The Hall–Kier alpha value is -0.680. The molecule has 3 rings (SSSR count). The first-order chi connectivity index (χ1) is 10.4. The van der Waals surface area contributed by atoms with Crippen molar-refractivity contribution in [3.63, 3.8) is 0 Å². The van der Waals surface area contributed by atoms with Gasteiger partial charge < -0.3 is 11.1 Å². The molecule has 2 aliphatic heterocycles. The Bertz CT molecular complexity index is 442. The van der Waals surface area contributed by atoms with Crippen LogP contribution in [0.5, 0.6) is 0 Å². The molecular weight excluding hydrogens is 281 g/mol. The Balaban J connectivity index is 1.62. The Morgan fingerprint density at radius 1 is 1.32 bits per heavy atom. The lowest BCUT2D eigenvalue weighted by molar-refractivity contribution is -0.123. The van der Waals surface area contributed by atoms with Gasteiger partial charge in [-0.05, 0) is 70.9 Å². The molecule has 0 aromatic rings. The van der Waals surface area contributed by atoms with E-state index in [-0.39, 0.29) is 29.6 Å². The molecule has 3 fully saturated rings. The van der Waals surface area contributed by atoms with Crippen LogP contribution in [0, 0.1) is 17.8 Å². The van der Waals surface area contributed by atoms with Crippen LogP contribution < -0.4 is 11.1 Å². The molecule has 126 valence electrons. The molecule has 0 radical (unpaired) electrons. The maximum Gasteiger partial charge on any atom is 0.220 e. The quantitative estimate of drug-likeness (QED) is 0.831. The second-order valence-corrected chi connectivity index (χ2v) is 8.23. The molecule has 0 bridgehead atoms. The summed E-state index contributed by atoms with van der Waals surface area (Å²) in [6, 6.07) is 0. The summed E-state index contributed by atoms with van der Waals surface area (Å²) >= 11 is 0. The summed E-state index contributed by atoms with van der Waals surface area (Å²) < 4.78 is 12.7. The fraction of sp³-hybridized carbons (Fsp3) is 0.941. The minimum Gasteiger partial charge on any atom is -0.369 e. The third-order valence-corrected chi connectivity index (χ3v) is 6.43. The molecular formula is C17H30FN3O. The number of halogens is 1. The Morgan fingerprint density at radius 2 is 2.09 bits per heavy atom. The SMILES string of the molecule is CC1(C)C[C@@H](C2CC23CC(C(N)=O)CCN3)CCN1CCF. The molecule has 22 heavy (non-hydrogen) atoms. The van der Waals surface area contributed by atoms with Gasteiger partial charge in [0.1, 0.15) is 6.67 Å². The number of likely N-dealkylation sites (tertiary alicyclic amines) is 1. The number of carbonyl (C=O) groups is 1. The number of alkyl halides is 1.